The molecule has 1 amide bonds. The lowest BCUT2D eigenvalue weighted by Gasteiger charge is -2.39. The van der Waals surface area contributed by atoms with Gasteiger partial charge in [0.25, 0.3) is 0 Å². The largest absolute Gasteiger partial charge is 0.497 e. The first-order valence-corrected chi connectivity index (χ1v) is 13.6. The number of amides is 1. The summed E-state index contributed by atoms with van der Waals surface area (Å²) in [4.78, 5) is 13.9. The molecule has 37 heavy (non-hydrogen) atoms. The second-order valence-electron chi connectivity index (χ2n) is 10.6. The monoisotopic (exact) mass is 499 g/mol. The Kier molecular flexibility index (Phi) is 9.10. The Morgan fingerprint density at radius 2 is 1.57 bits per heavy atom. The highest BCUT2D eigenvalue weighted by molar-refractivity contribution is 5.90. The molecule has 196 valence electrons. The van der Waals surface area contributed by atoms with Crippen LogP contribution in [0.3, 0.4) is 0 Å². The molecule has 1 saturated carbocycles. The Bertz CT molecular complexity index is 1120. The molecule has 3 N–H and O–H groups in total. The van der Waals surface area contributed by atoms with Crippen LogP contribution >= 0.6 is 0 Å². The topological polar surface area (TPSA) is 62.4 Å². The van der Waals surface area contributed by atoms with E-state index in [-0.39, 0.29) is 11.9 Å². The molecule has 5 heteroatoms. The van der Waals surface area contributed by atoms with Crippen molar-refractivity contribution in [3.63, 3.8) is 0 Å². The highest BCUT2D eigenvalue weighted by Gasteiger charge is 2.40. The number of rotatable bonds is 11. The molecule has 1 atom stereocenters. The first kappa shape index (κ1) is 26.6. The van der Waals surface area contributed by atoms with Gasteiger partial charge in [0, 0.05) is 24.0 Å². The van der Waals surface area contributed by atoms with Gasteiger partial charge < -0.3 is 20.7 Å². The molecule has 3 aromatic carbocycles. The molecule has 0 saturated heterocycles. The van der Waals surface area contributed by atoms with Crippen LogP contribution in [0, 0.1) is 5.92 Å². The van der Waals surface area contributed by atoms with Crippen molar-refractivity contribution in [2.24, 2.45) is 5.92 Å². The average Bonchev–Trinajstić information content (AvgIpc) is 2.93. The average molecular weight is 500 g/mol. The Morgan fingerprint density at radius 3 is 2.24 bits per heavy atom. The first-order chi connectivity index (χ1) is 18.0. The van der Waals surface area contributed by atoms with Gasteiger partial charge in [-0.15, -0.1) is 0 Å². The second-order valence-corrected chi connectivity index (χ2v) is 10.6. The fourth-order valence-corrected chi connectivity index (χ4v) is 5.28. The summed E-state index contributed by atoms with van der Waals surface area (Å²) < 4.78 is 5.27. The molecule has 4 rings (SSSR count). The maximum absolute atomic E-state index is 13.9. The Balaban J connectivity index is 1.49. The van der Waals surface area contributed by atoms with Crippen LogP contribution in [0.1, 0.15) is 52.4 Å². The third-order valence-corrected chi connectivity index (χ3v) is 7.23. The van der Waals surface area contributed by atoms with Crippen LogP contribution in [0.4, 0.5) is 11.4 Å². The summed E-state index contributed by atoms with van der Waals surface area (Å²) >= 11 is 0. The highest BCUT2D eigenvalue weighted by atomic mass is 16.5. The summed E-state index contributed by atoms with van der Waals surface area (Å²) in [6, 6.07) is 26.8. The van der Waals surface area contributed by atoms with Gasteiger partial charge in [-0.25, -0.2) is 0 Å². The van der Waals surface area contributed by atoms with Gasteiger partial charge in [-0.3, -0.25) is 4.79 Å². The molecule has 0 aliphatic heterocycles. The molecule has 0 unspecified atom stereocenters. The van der Waals surface area contributed by atoms with Crippen molar-refractivity contribution in [2.45, 2.75) is 64.0 Å². The van der Waals surface area contributed by atoms with Crippen molar-refractivity contribution in [1.29, 1.82) is 0 Å². The SMILES string of the molecule is COc1ccc(NC[C@H](CC(C)C)NC(=O)C2(Nc3cccc(-c4ccccc4)c3)CCCCC2)cc1. The van der Waals surface area contributed by atoms with Gasteiger partial charge in [0.05, 0.1) is 7.11 Å². The number of hydrogen-bond donors (Lipinski definition) is 3. The molecule has 0 radical (unpaired) electrons. The summed E-state index contributed by atoms with van der Waals surface area (Å²) in [7, 11) is 1.67. The number of hydrogen-bond acceptors (Lipinski definition) is 4. The Labute approximate surface area is 222 Å². The Hall–Kier alpha value is -3.47. The number of carbonyl (C=O) groups excluding carboxylic acids is 1. The summed E-state index contributed by atoms with van der Waals surface area (Å²) in [5.74, 6) is 1.42. The summed E-state index contributed by atoms with van der Waals surface area (Å²) in [5.41, 5.74) is 3.75. The maximum Gasteiger partial charge on any atom is 0.245 e. The molecule has 3 aromatic rings. The van der Waals surface area contributed by atoms with Crippen LogP contribution in [0.2, 0.25) is 0 Å². The zero-order valence-corrected chi connectivity index (χ0v) is 22.4. The number of anilines is 2. The van der Waals surface area contributed by atoms with E-state index >= 15 is 0 Å². The molecule has 0 heterocycles. The third-order valence-electron chi connectivity index (χ3n) is 7.23. The highest BCUT2D eigenvalue weighted by Crippen LogP contribution is 2.33. The number of nitrogens with one attached hydrogen (secondary N) is 3. The van der Waals surface area contributed by atoms with E-state index < -0.39 is 5.54 Å². The van der Waals surface area contributed by atoms with E-state index in [9.17, 15) is 4.79 Å². The van der Waals surface area contributed by atoms with Gasteiger partial charge in [0.15, 0.2) is 0 Å². The van der Waals surface area contributed by atoms with Crippen molar-refractivity contribution in [3.8, 4) is 16.9 Å². The van der Waals surface area contributed by atoms with E-state index in [2.05, 4.69) is 78.3 Å². The smallest absolute Gasteiger partial charge is 0.245 e. The van der Waals surface area contributed by atoms with Crippen molar-refractivity contribution in [3.05, 3.63) is 78.9 Å². The molecule has 0 aromatic heterocycles. The number of methoxy groups -OCH3 is 1. The number of ether oxygens (including phenoxy) is 1. The van der Waals surface area contributed by atoms with Crippen LogP contribution < -0.4 is 20.7 Å². The van der Waals surface area contributed by atoms with Gasteiger partial charge in [-0.2, -0.15) is 0 Å². The minimum atomic E-state index is -0.594. The van der Waals surface area contributed by atoms with Crippen molar-refractivity contribution >= 4 is 17.3 Å². The van der Waals surface area contributed by atoms with Gasteiger partial charge in [-0.05, 0) is 72.7 Å². The molecule has 0 bridgehead atoms. The van der Waals surface area contributed by atoms with Gasteiger partial charge in [0.1, 0.15) is 11.3 Å². The normalized spacial score (nSPS) is 15.6. The predicted octanol–water partition coefficient (Wildman–Crippen LogP) is 7.12. The van der Waals surface area contributed by atoms with Gasteiger partial charge in [0.2, 0.25) is 5.91 Å². The fraction of sp³-hybridized carbons (Fsp3) is 0.406. The van der Waals surface area contributed by atoms with Crippen LogP contribution in [0.5, 0.6) is 5.75 Å². The molecular formula is C32H41N3O2. The van der Waals surface area contributed by atoms with Crippen LogP contribution in [-0.4, -0.2) is 31.1 Å². The van der Waals surface area contributed by atoms with E-state index in [0.29, 0.717) is 12.5 Å². The Morgan fingerprint density at radius 1 is 0.865 bits per heavy atom. The van der Waals surface area contributed by atoms with Crippen molar-refractivity contribution < 1.29 is 9.53 Å². The molecular weight excluding hydrogens is 458 g/mol. The van der Waals surface area contributed by atoms with Crippen LogP contribution in [-0.2, 0) is 4.79 Å². The van der Waals surface area contributed by atoms with Gasteiger partial charge >= 0.3 is 0 Å². The standard InChI is InChI=1S/C32H41N3O2/c1-24(2)21-29(23-33-27-15-17-30(37-3)18-16-27)34-31(36)32(19-8-5-9-20-32)35-28-14-10-13-26(22-28)25-11-6-4-7-12-25/h4,6-7,10-18,22,24,29,33,35H,5,8-9,19-21,23H2,1-3H3,(H,34,36)/t29-/m0/s1. The van der Waals surface area contributed by atoms with Crippen LogP contribution in [0.25, 0.3) is 11.1 Å². The van der Waals surface area contributed by atoms with E-state index in [4.69, 9.17) is 4.74 Å². The molecule has 0 spiro atoms. The zero-order valence-electron chi connectivity index (χ0n) is 22.4. The molecule has 5 nitrogen and oxygen atoms in total. The lowest BCUT2D eigenvalue weighted by Crippen LogP contribution is -2.57. The summed E-state index contributed by atoms with van der Waals surface area (Å²) in [5, 5.41) is 10.6. The number of carbonyl (C=O) groups is 1. The van der Waals surface area contributed by atoms with Crippen molar-refractivity contribution in [2.75, 3.05) is 24.3 Å². The zero-order chi connectivity index (χ0) is 26.1. The van der Waals surface area contributed by atoms with E-state index in [1.165, 1.54) is 12.0 Å². The lowest BCUT2D eigenvalue weighted by molar-refractivity contribution is -0.127. The van der Waals surface area contributed by atoms with E-state index in [0.717, 1.165) is 54.8 Å². The number of benzene rings is 3. The van der Waals surface area contributed by atoms with Gasteiger partial charge in [-0.1, -0.05) is 75.6 Å². The lowest BCUT2D eigenvalue weighted by atomic mass is 9.80. The summed E-state index contributed by atoms with van der Waals surface area (Å²) in [6.07, 6.45) is 5.88. The third kappa shape index (κ3) is 7.28. The fourth-order valence-electron chi connectivity index (χ4n) is 5.28. The minimum absolute atomic E-state index is 0.0332. The predicted molar refractivity (Wildman–Crippen MR) is 154 cm³/mol. The summed E-state index contributed by atoms with van der Waals surface area (Å²) in [6.45, 7) is 5.09. The quantitative estimate of drug-likeness (QED) is 0.263. The molecule has 1 aliphatic rings. The second kappa shape index (κ2) is 12.7. The first-order valence-electron chi connectivity index (χ1n) is 13.6. The van der Waals surface area contributed by atoms with E-state index in [1.54, 1.807) is 7.11 Å². The van der Waals surface area contributed by atoms with E-state index in [1.807, 2.05) is 30.3 Å². The molecule has 1 aliphatic carbocycles. The van der Waals surface area contributed by atoms with Crippen LogP contribution in [0.15, 0.2) is 78.9 Å². The van der Waals surface area contributed by atoms with Crippen molar-refractivity contribution in [1.82, 2.24) is 5.32 Å². The maximum atomic E-state index is 13.9. The molecule has 1 fully saturated rings. The minimum Gasteiger partial charge on any atom is -0.497 e.